The molecule has 8 nitrogen and oxygen atoms in total. The van der Waals surface area contributed by atoms with Crippen molar-refractivity contribution < 1.29 is 19.1 Å². The average molecular weight is 318 g/mol. The lowest BCUT2D eigenvalue weighted by Gasteiger charge is -2.34. The molecule has 0 aromatic heterocycles. The van der Waals surface area contributed by atoms with Gasteiger partial charge in [0.1, 0.15) is 6.61 Å². The van der Waals surface area contributed by atoms with E-state index in [1.54, 1.807) is 0 Å². The van der Waals surface area contributed by atoms with Gasteiger partial charge in [0.05, 0.1) is 19.1 Å². The minimum atomic E-state index is -0.541. The molecule has 23 heavy (non-hydrogen) atoms. The number of piperidine rings is 1. The smallest absolute Gasteiger partial charge is 0.410 e. The Hall–Kier alpha value is -2.73. The largest absolute Gasteiger partial charge is 0.469 e. The standard InChI is InChI=1S/C15H18N4O4/c1-22-14(20)12-7-13(17-18-16)9-19(8-12)15(21)23-10-11-5-3-2-4-6-11/h2-6,12-13H,7-10H2,1H3. The van der Waals surface area contributed by atoms with Gasteiger partial charge in [-0.2, -0.15) is 0 Å². The van der Waals surface area contributed by atoms with Crippen LogP contribution in [0.5, 0.6) is 0 Å². The van der Waals surface area contributed by atoms with E-state index in [9.17, 15) is 9.59 Å². The number of esters is 1. The molecule has 0 spiro atoms. The number of methoxy groups -OCH3 is 1. The Kier molecular flexibility index (Phi) is 5.82. The molecule has 1 aliphatic heterocycles. The van der Waals surface area contributed by atoms with Crippen LogP contribution < -0.4 is 0 Å². The summed E-state index contributed by atoms with van der Waals surface area (Å²) < 4.78 is 9.98. The molecule has 0 bridgehead atoms. The van der Waals surface area contributed by atoms with Crippen LogP contribution in [0.4, 0.5) is 4.79 Å². The van der Waals surface area contributed by atoms with Gasteiger partial charge in [0.15, 0.2) is 0 Å². The van der Waals surface area contributed by atoms with Crippen LogP contribution >= 0.6 is 0 Å². The van der Waals surface area contributed by atoms with Crippen LogP contribution in [0.25, 0.3) is 10.4 Å². The molecule has 1 saturated heterocycles. The summed E-state index contributed by atoms with van der Waals surface area (Å²) in [4.78, 5) is 28.1. The fraction of sp³-hybridized carbons (Fsp3) is 0.467. The number of hydrogen-bond acceptors (Lipinski definition) is 5. The lowest BCUT2D eigenvalue weighted by Crippen LogP contribution is -2.48. The Morgan fingerprint density at radius 2 is 2.09 bits per heavy atom. The highest BCUT2D eigenvalue weighted by molar-refractivity contribution is 5.75. The highest BCUT2D eigenvalue weighted by Gasteiger charge is 2.34. The van der Waals surface area contributed by atoms with Crippen molar-refractivity contribution in [3.8, 4) is 0 Å². The Bertz CT molecular complexity index is 601. The minimum Gasteiger partial charge on any atom is -0.469 e. The first-order valence-electron chi connectivity index (χ1n) is 7.21. The molecule has 0 N–H and O–H groups in total. The van der Waals surface area contributed by atoms with Gasteiger partial charge in [-0.3, -0.25) is 4.79 Å². The molecule has 2 atom stereocenters. The topological polar surface area (TPSA) is 105 Å². The first kappa shape index (κ1) is 16.6. The molecule has 0 radical (unpaired) electrons. The molecule has 8 heteroatoms. The fourth-order valence-electron chi connectivity index (χ4n) is 2.53. The molecule has 2 unspecified atom stereocenters. The van der Waals surface area contributed by atoms with E-state index in [2.05, 4.69) is 10.0 Å². The van der Waals surface area contributed by atoms with Crippen molar-refractivity contribution in [2.75, 3.05) is 20.2 Å². The Balaban J connectivity index is 1.99. The van der Waals surface area contributed by atoms with E-state index in [0.717, 1.165) is 5.56 Å². The van der Waals surface area contributed by atoms with E-state index in [1.165, 1.54) is 12.0 Å². The van der Waals surface area contributed by atoms with Gasteiger partial charge in [0.2, 0.25) is 0 Å². The highest BCUT2D eigenvalue weighted by atomic mass is 16.6. The van der Waals surface area contributed by atoms with Gasteiger partial charge in [-0.15, -0.1) is 0 Å². The number of azide groups is 1. The van der Waals surface area contributed by atoms with Crippen LogP contribution in [-0.2, 0) is 20.9 Å². The quantitative estimate of drug-likeness (QED) is 0.368. The second-order valence-electron chi connectivity index (χ2n) is 5.26. The molecule has 1 amide bonds. The normalized spacial score (nSPS) is 20.3. The number of carbonyl (C=O) groups excluding carboxylic acids is 2. The third-order valence-corrected chi connectivity index (χ3v) is 3.64. The SMILES string of the molecule is COC(=O)C1CC(N=[N+]=[N-])CN(C(=O)OCc2ccccc2)C1. The number of likely N-dealkylation sites (tertiary alicyclic amines) is 1. The molecule has 1 aromatic rings. The van der Waals surface area contributed by atoms with Crippen molar-refractivity contribution >= 4 is 12.1 Å². The third kappa shape index (κ3) is 4.62. The second-order valence-corrected chi connectivity index (χ2v) is 5.26. The summed E-state index contributed by atoms with van der Waals surface area (Å²) in [7, 11) is 1.29. The van der Waals surface area contributed by atoms with Crippen molar-refractivity contribution in [2.45, 2.75) is 19.1 Å². The van der Waals surface area contributed by atoms with Crippen molar-refractivity contribution in [1.29, 1.82) is 0 Å². The van der Waals surface area contributed by atoms with Crippen molar-refractivity contribution in [3.63, 3.8) is 0 Å². The molecule has 0 aliphatic carbocycles. The summed E-state index contributed by atoms with van der Waals surface area (Å²) in [5.74, 6) is -0.947. The van der Waals surface area contributed by atoms with Crippen LogP contribution in [0.15, 0.2) is 35.4 Å². The van der Waals surface area contributed by atoms with E-state index in [4.69, 9.17) is 15.0 Å². The number of rotatable bonds is 4. The predicted molar refractivity (Wildman–Crippen MR) is 81.3 cm³/mol. The van der Waals surface area contributed by atoms with E-state index in [-0.39, 0.29) is 19.7 Å². The number of nitrogens with zero attached hydrogens (tertiary/aromatic N) is 4. The lowest BCUT2D eigenvalue weighted by atomic mass is 9.95. The number of carbonyl (C=O) groups is 2. The molecule has 1 aliphatic rings. The molecular formula is C15H18N4O4. The summed E-state index contributed by atoms with van der Waals surface area (Å²) in [5.41, 5.74) is 9.45. The number of amides is 1. The van der Waals surface area contributed by atoms with Crippen LogP contribution in [0, 0.1) is 5.92 Å². The van der Waals surface area contributed by atoms with Crippen molar-refractivity contribution in [1.82, 2.24) is 4.90 Å². The third-order valence-electron chi connectivity index (χ3n) is 3.64. The molecule has 1 aromatic carbocycles. The van der Waals surface area contributed by atoms with Gasteiger partial charge < -0.3 is 14.4 Å². The maximum absolute atomic E-state index is 12.2. The first-order valence-corrected chi connectivity index (χ1v) is 7.21. The van der Waals surface area contributed by atoms with Gasteiger partial charge in [-0.05, 0) is 17.5 Å². The van der Waals surface area contributed by atoms with E-state index < -0.39 is 24.0 Å². The van der Waals surface area contributed by atoms with Gasteiger partial charge in [-0.25, -0.2) is 4.79 Å². The molecule has 122 valence electrons. The van der Waals surface area contributed by atoms with Crippen molar-refractivity contribution in [2.24, 2.45) is 11.0 Å². The summed E-state index contributed by atoms with van der Waals surface area (Å²) in [6, 6.07) is 8.82. The summed E-state index contributed by atoms with van der Waals surface area (Å²) in [6.45, 7) is 0.564. The van der Waals surface area contributed by atoms with Crippen molar-refractivity contribution in [3.05, 3.63) is 46.3 Å². The van der Waals surface area contributed by atoms with Gasteiger partial charge >= 0.3 is 12.1 Å². The lowest BCUT2D eigenvalue weighted by molar-refractivity contribution is -0.147. The van der Waals surface area contributed by atoms with E-state index in [1.807, 2.05) is 30.3 Å². The maximum Gasteiger partial charge on any atom is 0.410 e. The Morgan fingerprint density at radius 3 is 2.74 bits per heavy atom. The van der Waals surface area contributed by atoms with Gasteiger partial charge in [0.25, 0.3) is 0 Å². The molecule has 1 fully saturated rings. The summed E-state index contributed by atoms with van der Waals surface area (Å²) in [6.07, 6.45) is -0.181. The zero-order chi connectivity index (χ0) is 16.7. The Labute approximate surface area is 133 Å². The maximum atomic E-state index is 12.2. The van der Waals surface area contributed by atoms with Crippen LogP contribution in [0.1, 0.15) is 12.0 Å². The zero-order valence-electron chi connectivity index (χ0n) is 12.8. The first-order chi connectivity index (χ1) is 11.1. The molecule has 2 rings (SSSR count). The zero-order valence-corrected chi connectivity index (χ0v) is 12.8. The molecule has 0 saturated carbocycles. The summed E-state index contributed by atoms with van der Waals surface area (Å²) in [5, 5.41) is 3.62. The number of benzene rings is 1. The summed E-state index contributed by atoms with van der Waals surface area (Å²) >= 11 is 0. The predicted octanol–water partition coefficient (Wildman–Crippen LogP) is 2.50. The fourth-order valence-corrected chi connectivity index (χ4v) is 2.53. The monoisotopic (exact) mass is 318 g/mol. The van der Waals surface area contributed by atoms with Crippen LogP contribution in [0.2, 0.25) is 0 Å². The Morgan fingerprint density at radius 1 is 1.35 bits per heavy atom. The highest BCUT2D eigenvalue weighted by Crippen LogP contribution is 2.21. The van der Waals surface area contributed by atoms with Crippen LogP contribution in [0.3, 0.4) is 0 Å². The molecule has 1 heterocycles. The van der Waals surface area contributed by atoms with E-state index in [0.29, 0.717) is 6.42 Å². The van der Waals surface area contributed by atoms with Gasteiger partial charge in [-0.1, -0.05) is 35.4 Å². The van der Waals surface area contributed by atoms with E-state index >= 15 is 0 Å². The number of ether oxygens (including phenoxy) is 2. The minimum absolute atomic E-state index is 0.144. The second kappa shape index (κ2) is 8.05. The molecular weight excluding hydrogens is 300 g/mol. The van der Waals surface area contributed by atoms with Gasteiger partial charge in [0, 0.05) is 18.0 Å². The average Bonchev–Trinajstić information content (AvgIpc) is 2.59. The van der Waals surface area contributed by atoms with Crippen LogP contribution in [-0.4, -0.2) is 43.2 Å². The number of hydrogen-bond donors (Lipinski definition) is 0.